The Balaban J connectivity index is 2.47. The topological polar surface area (TPSA) is 58.6 Å². The highest BCUT2D eigenvalue weighted by Gasteiger charge is 2.26. The summed E-state index contributed by atoms with van der Waals surface area (Å²) in [5.74, 6) is -0.258. The van der Waals surface area contributed by atoms with Gasteiger partial charge in [-0.3, -0.25) is 14.5 Å². The van der Waals surface area contributed by atoms with Crippen molar-refractivity contribution >= 4 is 11.9 Å². The molecule has 1 fully saturated rings. The fourth-order valence-electron chi connectivity index (χ4n) is 1.86. The number of carbonyl (C=O) groups excluding carboxylic acids is 2. The summed E-state index contributed by atoms with van der Waals surface area (Å²) < 4.78 is 4.86. The molecule has 5 heteroatoms. The quantitative estimate of drug-likeness (QED) is 0.696. The van der Waals surface area contributed by atoms with Crippen LogP contribution in [0.4, 0.5) is 0 Å². The predicted molar refractivity (Wildman–Crippen MR) is 59.9 cm³/mol. The van der Waals surface area contributed by atoms with Gasteiger partial charge in [0, 0.05) is 6.54 Å². The van der Waals surface area contributed by atoms with Crippen molar-refractivity contribution in [2.45, 2.75) is 32.2 Å². The first-order valence-corrected chi connectivity index (χ1v) is 5.78. The Kier molecular flexibility index (Phi) is 5.25. The molecule has 0 aromatic rings. The highest BCUT2D eigenvalue weighted by atomic mass is 16.5. The molecule has 1 atom stereocenters. The van der Waals surface area contributed by atoms with E-state index in [0.29, 0.717) is 6.61 Å². The molecule has 0 spiro atoms. The minimum Gasteiger partial charge on any atom is -0.465 e. The third kappa shape index (κ3) is 3.81. The van der Waals surface area contributed by atoms with Crippen LogP contribution in [0, 0.1) is 0 Å². The number of nitrogens with one attached hydrogen (secondary N) is 1. The molecule has 0 aromatic carbocycles. The molecule has 1 N–H and O–H groups in total. The van der Waals surface area contributed by atoms with Crippen molar-refractivity contribution in [3.05, 3.63) is 0 Å². The van der Waals surface area contributed by atoms with E-state index in [1.165, 1.54) is 0 Å². The molecule has 1 amide bonds. The van der Waals surface area contributed by atoms with Crippen molar-refractivity contribution in [1.82, 2.24) is 10.2 Å². The fourth-order valence-corrected chi connectivity index (χ4v) is 1.86. The van der Waals surface area contributed by atoms with Crippen LogP contribution in [-0.4, -0.2) is 49.6 Å². The van der Waals surface area contributed by atoms with Gasteiger partial charge in [0.1, 0.15) is 0 Å². The summed E-state index contributed by atoms with van der Waals surface area (Å²) in [7, 11) is 1.78. The summed E-state index contributed by atoms with van der Waals surface area (Å²) in [6.45, 7) is 3.06. The van der Waals surface area contributed by atoms with Crippen molar-refractivity contribution in [2.24, 2.45) is 0 Å². The molecule has 0 aromatic heterocycles. The second-order valence-corrected chi connectivity index (χ2v) is 4.02. The SMILES string of the molecule is CCOC(=O)CN(C)C1CCCCNC1=O. The van der Waals surface area contributed by atoms with Crippen LogP contribution in [0.15, 0.2) is 0 Å². The van der Waals surface area contributed by atoms with Crippen molar-refractivity contribution in [1.29, 1.82) is 0 Å². The van der Waals surface area contributed by atoms with Crippen LogP contribution in [0.25, 0.3) is 0 Å². The summed E-state index contributed by atoms with van der Waals surface area (Å²) in [5.41, 5.74) is 0. The molecule has 0 saturated carbocycles. The zero-order chi connectivity index (χ0) is 12.0. The van der Waals surface area contributed by atoms with Gasteiger partial charge in [-0.25, -0.2) is 0 Å². The molecule has 0 bridgehead atoms. The largest absolute Gasteiger partial charge is 0.465 e. The van der Waals surface area contributed by atoms with Crippen molar-refractivity contribution in [2.75, 3.05) is 26.7 Å². The lowest BCUT2D eigenvalue weighted by atomic mass is 10.1. The van der Waals surface area contributed by atoms with Gasteiger partial charge >= 0.3 is 5.97 Å². The Morgan fingerprint density at radius 1 is 1.56 bits per heavy atom. The molecule has 1 saturated heterocycles. The van der Waals surface area contributed by atoms with E-state index < -0.39 is 0 Å². The third-order valence-electron chi connectivity index (χ3n) is 2.72. The van der Waals surface area contributed by atoms with Crippen LogP contribution < -0.4 is 5.32 Å². The molecule has 1 heterocycles. The lowest BCUT2D eigenvalue weighted by molar-refractivity contribution is -0.145. The van der Waals surface area contributed by atoms with Gasteiger partial charge in [-0.1, -0.05) is 0 Å². The van der Waals surface area contributed by atoms with Gasteiger partial charge in [0.25, 0.3) is 0 Å². The molecule has 1 rings (SSSR count). The number of likely N-dealkylation sites (N-methyl/N-ethyl adjacent to an activating group) is 1. The standard InChI is InChI=1S/C11H20N2O3/c1-3-16-10(14)8-13(2)9-6-4-5-7-12-11(9)15/h9H,3-8H2,1-2H3,(H,12,15). The van der Waals surface area contributed by atoms with E-state index in [4.69, 9.17) is 4.74 Å². The van der Waals surface area contributed by atoms with Gasteiger partial charge in [-0.15, -0.1) is 0 Å². The fraction of sp³-hybridized carbons (Fsp3) is 0.818. The lowest BCUT2D eigenvalue weighted by Gasteiger charge is -2.24. The van der Waals surface area contributed by atoms with Crippen LogP contribution in [-0.2, 0) is 14.3 Å². The van der Waals surface area contributed by atoms with E-state index >= 15 is 0 Å². The van der Waals surface area contributed by atoms with Gasteiger partial charge in [-0.05, 0) is 33.2 Å². The molecule has 16 heavy (non-hydrogen) atoms. The molecule has 1 aliphatic rings. The van der Waals surface area contributed by atoms with Crippen LogP contribution in [0.2, 0.25) is 0 Å². The van der Waals surface area contributed by atoms with Crippen LogP contribution in [0.1, 0.15) is 26.2 Å². The molecule has 92 valence electrons. The van der Waals surface area contributed by atoms with Gasteiger partial charge in [-0.2, -0.15) is 0 Å². The second-order valence-electron chi connectivity index (χ2n) is 4.02. The van der Waals surface area contributed by atoms with Crippen LogP contribution in [0.3, 0.4) is 0 Å². The lowest BCUT2D eigenvalue weighted by Crippen LogP contribution is -2.46. The summed E-state index contributed by atoms with van der Waals surface area (Å²) >= 11 is 0. The number of nitrogens with zero attached hydrogens (tertiary/aromatic N) is 1. The van der Waals surface area contributed by atoms with Gasteiger partial charge < -0.3 is 10.1 Å². The zero-order valence-electron chi connectivity index (χ0n) is 9.99. The maximum Gasteiger partial charge on any atom is 0.320 e. The summed E-state index contributed by atoms with van der Waals surface area (Å²) in [6, 6.07) is -0.202. The highest BCUT2D eigenvalue weighted by molar-refractivity contribution is 5.82. The molecule has 5 nitrogen and oxygen atoms in total. The molecule has 1 aliphatic heterocycles. The van der Waals surface area contributed by atoms with Crippen LogP contribution >= 0.6 is 0 Å². The first-order chi connectivity index (χ1) is 7.65. The Hall–Kier alpha value is -1.10. The van der Waals surface area contributed by atoms with E-state index in [2.05, 4.69) is 5.32 Å². The molecule has 1 unspecified atom stereocenters. The number of carbonyl (C=O) groups is 2. The molecule has 0 aliphatic carbocycles. The minimum absolute atomic E-state index is 0.0179. The van der Waals surface area contributed by atoms with Crippen molar-refractivity contribution in [3.8, 4) is 0 Å². The van der Waals surface area contributed by atoms with Gasteiger partial charge in [0.2, 0.25) is 5.91 Å². The highest BCUT2D eigenvalue weighted by Crippen LogP contribution is 2.10. The first-order valence-electron chi connectivity index (χ1n) is 5.78. The summed E-state index contributed by atoms with van der Waals surface area (Å²) in [5, 5.41) is 2.85. The number of rotatable bonds is 4. The van der Waals surface area contributed by atoms with Crippen molar-refractivity contribution < 1.29 is 14.3 Å². The number of hydrogen-bond donors (Lipinski definition) is 1. The Bertz CT molecular complexity index is 256. The number of esters is 1. The molecule has 0 radical (unpaired) electrons. The Labute approximate surface area is 96.1 Å². The summed E-state index contributed by atoms with van der Waals surface area (Å²) in [6.07, 6.45) is 2.83. The number of amides is 1. The second kappa shape index (κ2) is 6.48. The predicted octanol–water partition coefficient (Wildman–Crippen LogP) is 0.150. The average Bonchev–Trinajstić information content (AvgIpc) is 2.43. The summed E-state index contributed by atoms with van der Waals surface area (Å²) in [4.78, 5) is 24.7. The normalized spacial score (nSPS) is 21.4. The first kappa shape index (κ1) is 13.0. The van der Waals surface area contributed by atoms with E-state index in [0.717, 1.165) is 25.8 Å². The van der Waals surface area contributed by atoms with Crippen LogP contribution in [0.5, 0.6) is 0 Å². The zero-order valence-corrected chi connectivity index (χ0v) is 9.99. The van der Waals surface area contributed by atoms with E-state index in [1.54, 1.807) is 18.9 Å². The Morgan fingerprint density at radius 2 is 2.31 bits per heavy atom. The average molecular weight is 228 g/mol. The minimum atomic E-state index is -0.276. The van der Waals surface area contributed by atoms with E-state index in [1.807, 2.05) is 0 Å². The molecular formula is C11H20N2O3. The maximum absolute atomic E-state index is 11.7. The Morgan fingerprint density at radius 3 is 3.00 bits per heavy atom. The van der Waals surface area contributed by atoms with E-state index in [9.17, 15) is 9.59 Å². The third-order valence-corrected chi connectivity index (χ3v) is 2.72. The maximum atomic E-state index is 11.7. The monoisotopic (exact) mass is 228 g/mol. The smallest absolute Gasteiger partial charge is 0.320 e. The van der Waals surface area contributed by atoms with Gasteiger partial charge in [0.05, 0.1) is 19.2 Å². The number of hydrogen-bond acceptors (Lipinski definition) is 4. The number of ether oxygens (including phenoxy) is 1. The van der Waals surface area contributed by atoms with E-state index in [-0.39, 0.29) is 24.5 Å². The molecular weight excluding hydrogens is 208 g/mol. The van der Waals surface area contributed by atoms with Crippen molar-refractivity contribution in [3.63, 3.8) is 0 Å². The van der Waals surface area contributed by atoms with Gasteiger partial charge in [0.15, 0.2) is 0 Å².